The summed E-state index contributed by atoms with van der Waals surface area (Å²) in [6.07, 6.45) is 15.1. The van der Waals surface area contributed by atoms with Crippen LogP contribution in [0.25, 0.3) is 0 Å². The molecule has 0 fully saturated rings. The van der Waals surface area contributed by atoms with Crippen molar-refractivity contribution in [2.45, 2.75) is 74.7 Å². The van der Waals surface area contributed by atoms with Gasteiger partial charge < -0.3 is 4.74 Å². The van der Waals surface area contributed by atoms with Crippen LogP contribution in [-0.2, 0) is 14.3 Å². The van der Waals surface area contributed by atoms with Crippen LogP contribution in [0.4, 0.5) is 0 Å². The van der Waals surface area contributed by atoms with Gasteiger partial charge in [-0.3, -0.25) is 4.79 Å². The number of hydrogen-bond acceptors (Lipinski definition) is 3. The maximum atomic E-state index is 11.8. The average molecular weight is 385 g/mol. The summed E-state index contributed by atoms with van der Waals surface area (Å²) in [5.41, 5.74) is 4.33. The summed E-state index contributed by atoms with van der Waals surface area (Å²) in [7, 11) is 0. The topological polar surface area (TPSA) is 43.4 Å². The third kappa shape index (κ3) is 7.84. The molecule has 0 saturated heterocycles. The zero-order valence-electron chi connectivity index (χ0n) is 18.8. The highest BCUT2D eigenvalue weighted by Crippen LogP contribution is 2.40. The maximum absolute atomic E-state index is 11.8. The molecule has 0 atom stereocenters. The highest BCUT2D eigenvalue weighted by Gasteiger charge is 2.26. The summed E-state index contributed by atoms with van der Waals surface area (Å²) in [6, 6.07) is 0. The Morgan fingerprint density at radius 2 is 1.71 bits per heavy atom. The van der Waals surface area contributed by atoms with E-state index in [1.165, 1.54) is 36.5 Å². The summed E-state index contributed by atoms with van der Waals surface area (Å²) >= 11 is 0. The Labute approximate surface area is 170 Å². The normalized spacial score (nSPS) is 18.9. The molecule has 154 valence electrons. The van der Waals surface area contributed by atoms with E-state index < -0.39 is 17.4 Å². The average Bonchev–Trinajstić information content (AvgIpc) is 2.52. The first-order chi connectivity index (χ1) is 12.8. The van der Waals surface area contributed by atoms with Gasteiger partial charge in [0, 0.05) is 6.08 Å². The van der Waals surface area contributed by atoms with Crippen molar-refractivity contribution in [1.82, 2.24) is 0 Å². The maximum Gasteiger partial charge on any atom is 0.338 e. The summed E-state index contributed by atoms with van der Waals surface area (Å²) in [5.74, 6) is -1.16. The standard InChI is InChI=1S/C25H36O3/c1-18(14-15-21-20(3)13-10-16-25(21,7)8)11-9-12-19(2)17-22(26)28-23(27)24(4,5)6/h9,11-12,14-15,17H,10,13,16H2,1-8H3. The molecule has 0 aromatic rings. The summed E-state index contributed by atoms with van der Waals surface area (Å²) in [6.45, 7) is 15.9. The lowest BCUT2D eigenvalue weighted by Crippen LogP contribution is -2.25. The molecular formula is C25H36O3. The highest BCUT2D eigenvalue weighted by molar-refractivity contribution is 5.94. The molecule has 0 bridgehead atoms. The number of carbonyl (C=O) groups excluding carboxylic acids is 2. The number of ether oxygens (including phenoxy) is 1. The Bertz CT molecular complexity index is 747. The molecule has 0 saturated carbocycles. The second-order valence-electron chi connectivity index (χ2n) is 9.38. The smallest absolute Gasteiger partial charge is 0.338 e. The van der Waals surface area contributed by atoms with Gasteiger partial charge in [-0.15, -0.1) is 0 Å². The van der Waals surface area contributed by atoms with Crippen molar-refractivity contribution in [2.75, 3.05) is 0 Å². The Hall–Kier alpha value is -2.16. The van der Waals surface area contributed by atoms with Crippen molar-refractivity contribution >= 4 is 11.9 Å². The van der Waals surface area contributed by atoms with E-state index >= 15 is 0 Å². The molecule has 0 heterocycles. The summed E-state index contributed by atoms with van der Waals surface area (Å²) in [4.78, 5) is 23.5. The third-order valence-corrected chi connectivity index (χ3v) is 4.92. The zero-order valence-corrected chi connectivity index (χ0v) is 18.8. The van der Waals surface area contributed by atoms with Crippen LogP contribution in [0.5, 0.6) is 0 Å². The fourth-order valence-electron chi connectivity index (χ4n) is 3.14. The van der Waals surface area contributed by atoms with Crippen LogP contribution >= 0.6 is 0 Å². The van der Waals surface area contributed by atoms with Crippen molar-refractivity contribution in [1.29, 1.82) is 0 Å². The zero-order chi connectivity index (χ0) is 21.5. The van der Waals surface area contributed by atoms with Gasteiger partial charge >= 0.3 is 11.9 Å². The number of allylic oxidation sites excluding steroid dienone is 9. The van der Waals surface area contributed by atoms with Crippen LogP contribution in [0.2, 0.25) is 0 Å². The van der Waals surface area contributed by atoms with Crippen LogP contribution in [0, 0.1) is 10.8 Å². The van der Waals surface area contributed by atoms with Gasteiger partial charge in [0.25, 0.3) is 0 Å². The van der Waals surface area contributed by atoms with E-state index in [1.54, 1.807) is 27.7 Å². The molecule has 1 aliphatic rings. The second-order valence-corrected chi connectivity index (χ2v) is 9.38. The Morgan fingerprint density at radius 3 is 2.29 bits per heavy atom. The second kappa shape index (κ2) is 9.86. The van der Waals surface area contributed by atoms with E-state index in [9.17, 15) is 9.59 Å². The molecule has 0 N–H and O–H groups in total. The van der Waals surface area contributed by atoms with Crippen molar-refractivity contribution in [3.63, 3.8) is 0 Å². The van der Waals surface area contributed by atoms with E-state index in [0.717, 1.165) is 11.1 Å². The molecule has 0 aliphatic heterocycles. The molecule has 0 unspecified atom stereocenters. The third-order valence-electron chi connectivity index (χ3n) is 4.92. The minimum Gasteiger partial charge on any atom is -0.389 e. The molecule has 0 aromatic heterocycles. The van der Waals surface area contributed by atoms with Gasteiger partial charge in [-0.2, -0.15) is 0 Å². The molecular weight excluding hydrogens is 348 g/mol. The van der Waals surface area contributed by atoms with E-state index in [0.29, 0.717) is 0 Å². The van der Waals surface area contributed by atoms with Crippen LogP contribution in [-0.4, -0.2) is 11.9 Å². The molecule has 28 heavy (non-hydrogen) atoms. The van der Waals surface area contributed by atoms with E-state index in [2.05, 4.69) is 39.8 Å². The van der Waals surface area contributed by atoms with Gasteiger partial charge in [0.05, 0.1) is 5.41 Å². The van der Waals surface area contributed by atoms with Crippen LogP contribution in [0.3, 0.4) is 0 Å². The monoisotopic (exact) mass is 384 g/mol. The van der Waals surface area contributed by atoms with Crippen molar-refractivity contribution in [2.24, 2.45) is 10.8 Å². The van der Waals surface area contributed by atoms with Gasteiger partial charge in [0.1, 0.15) is 0 Å². The van der Waals surface area contributed by atoms with Crippen molar-refractivity contribution < 1.29 is 14.3 Å². The molecule has 1 aliphatic carbocycles. The fourth-order valence-corrected chi connectivity index (χ4v) is 3.14. The first-order valence-corrected chi connectivity index (χ1v) is 10.0. The van der Waals surface area contributed by atoms with Crippen LogP contribution < -0.4 is 0 Å². The first kappa shape index (κ1) is 23.9. The Balaban J connectivity index is 2.72. The molecule has 1 rings (SSSR count). The lowest BCUT2D eigenvalue weighted by Gasteiger charge is -2.32. The first-order valence-electron chi connectivity index (χ1n) is 10.0. The Kier molecular flexibility index (Phi) is 8.41. The van der Waals surface area contributed by atoms with Gasteiger partial charge in [-0.05, 0) is 77.4 Å². The molecule has 3 nitrogen and oxygen atoms in total. The number of carbonyl (C=O) groups is 2. The number of esters is 2. The van der Waals surface area contributed by atoms with E-state index in [4.69, 9.17) is 4.74 Å². The SMILES string of the molecule is CC(C=CC1=C(C)CCCC1(C)C)=CC=CC(C)=CC(=O)OC(=O)C(C)(C)C. The van der Waals surface area contributed by atoms with Gasteiger partial charge in [0.15, 0.2) is 0 Å². The lowest BCUT2D eigenvalue weighted by molar-refractivity contribution is -0.162. The molecule has 3 heteroatoms. The molecule has 0 aromatic carbocycles. The molecule has 0 spiro atoms. The quantitative estimate of drug-likeness (QED) is 0.231. The minimum atomic E-state index is -0.694. The van der Waals surface area contributed by atoms with Gasteiger partial charge in [0.2, 0.25) is 0 Å². The predicted octanol–water partition coefficient (Wildman–Crippen LogP) is 6.63. The van der Waals surface area contributed by atoms with Crippen LogP contribution in [0.1, 0.15) is 74.7 Å². The highest BCUT2D eigenvalue weighted by atomic mass is 16.6. The van der Waals surface area contributed by atoms with E-state index in [-0.39, 0.29) is 5.41 Å². The summed E-state index contributed by atoms with van der Waals surface area (Å²) in [5, 5.41) is 0. The fraction of sp³-hybridized carbons (Fsp3) is 0.520. The summed E-state index contributed by atoms with van der Waals surface area (Å²) < 4.78 is 4.83. The Morgan fingerprint density at radius 1 is 1.07 bits per heavy atom. The van der Waals surface area contributed by atoms with Crippen molar-refractivity contribution in [3.8, 4) is 0 Å². The minimum absolute atomic E-state index is 0.235. The predicted molar refractivity (Wildman–Crippen MR) is 117 cm³/mol. The van der Waals surface area contributed by atoms with E-state index in [1.807, 2.05) is 18.2 Å². The number of rotatable bonds is 5. The number of hydrogen-bond donors (Lipinski definition) is 0. The van der Waals surface area contributed by atoms with Crippen molar-refractivity contribution in [3.05, 3.63) is 58.7 Å². The lowest BCUT2D eigenvalue weighted by atomic mass is 9.72. The molecule has 0 amide bonds. The largest absolute Gasteiger partial charge is 0.389 e. The van der Waals surface area contributed by atoms with Gasteiger partial charge in [-0.25, -0.2) is 4.79 Å². The van der Waals surface area contributed by atoms with Gasteiger partial charge in [-0.1, -0.05) is 55.4 Å². The molecule has 0 radical (unpaired) electrons. The van der Waals surface area contributed by atoms with Crippen LogP contribution in [0.15, 0.2) is 58.7 Å².